The molecule has 2 rings (SSSR count). The van der Waals surface area contributed by atoms with E-state index in [1.54, 1.807) is 16.7 Å². The number of aromatic nitrogens is 2. The molecule has 0 aliphatic heterocycles. The Labute approximate surface area is 107 Å². The van der Waals surface area contributed by atoms with Crippen molar-refractivity contribution in [1.29, 1.82) is 0 Å². The number of halogens is 2. The third-order valence-electron chi connectivity index (χ3n) is 2.20. The van der Waals surface area contributed by atoms with Gasteiger partial charge >= 0.3 is 5.97 Å². The maximum Gasteiger partial charge on any atom is 0.356 e. The summed E-state index contributed by atoms with van der Waals surface area (Å²) >= 11 is 11.7. The molecule has 0 spiro atoms. The average Bonchev–Trinajstić information content (AvgIpc) is 2.72. The van der Waals surface area contributed by atoms with E-state index in [2.05, 4.69) is 4.98 Å². The Balaban J connectivity index is 2.19. The topological polar surface area (TPSA) is 55.1 Å². The van der Waals surface area contributed by atoms with Gasteiger partial charge in [0.1, 0.15) is 0 Å². The van der Waals surface area contributed by atoms with E-state index in [9.17, 15) is 4.79 Å². The third kappa shape index (κ3) is 2.78. The van der Waals surface area contributed by atoms with Crippen LogP contribution in [0.15, 0.2) is 30.7 Å². The van der Waals surface area contributed by atoms with Gasteiger partial charge in [-0.15, -0.1) is 0 Å². The van der Waals surface area contributed by atoms with Gasteiger partial charge in [0, 0.05) is 12.7 Å². The van der Waals surface area contributed by atoms with Crippen molar-refractivity contribution in [1.82, 2.24) is 9.55 Å². The summed E-state index contributed by atoms with van der Waals surface area (Å²) in [4.78, 5) is 14.4. The highest BCUT2D eigenvalue weighted by molar-refractivity contribution is 6.42. The number of hydrogen-bond acceptors (Lipinski definition) is 2. The SMILES string of the molecule is O=C(O)c1cn(Cc2ccc(Cl)c(Cl)c2)cn1. The zero-order valence-electron chi connectivity index (χ0n) is 8.60. The van der Waals surface area contributed by atoms with E-state index in [0.717, 1.165) is 5.56 Å². The van der Waals surface area contributed by atoms with Gasteiger partial charge in [0.05, 0.1) is 16.4 Å². The fraction of sp³-hybridized carbons (Fsp3) is 0.0909. The van der Waals surface area contributed by atoms with Gasteiger partial charge in [-0.3, -0.25) is 0 Å². The second-order valence-electron chi connectivity index (χ2n) is 3.48. The Kier molecular flexibility index (Phi) is 3.36. The Morgan fingerprint density at radius 1 is 1.35 bits per heavy atom. The largest absolute Gasteiger partial charge is 0.476 e. The second-order valence-corrected chi connectivity index (χ2v) is 4.30. The van der Waals surface area contributed by atoms with Crippen molar-refractivity contribution in [2.75, 3.05) is 0 Å². The number of carbonyl (C=O) groups is 1. The van der Waals surface area contributed by atoms with Gasteiger partial charge < -0.3 is 9.67 Å². The van der Waals surface area contributed by atoms with Crippen LogP contribution >= 0.6 is 23.2 Å². The lowest BCUT2D eigenvalue weighted by Crippen LogP contribution is -1.98. The Bertz CT molecular complexity index is 566. The third-order valence-corrected chi connectivity index (χ3v) is 2.94. The minimum Gasteiger partial charge on any atom is -0.476 e. The lowest BCUT2D eigenvalue weighted by atomic mass is 10.2. The minimum absolute atomic E-state index is 0.0186. The van der Waals surface area contributed by atoms with Crippen LogP contribution in [-0.2, 0) is 6.54 Å². The number of imidazole rings is 1. The molecular weight excluding hydrogens is 263 g/mol. The number of rotatable bonds is 3. The number of carboxylic acids is 1. The van der Waals surface area contributed by atoms with Gasteiger partial charge in [0.25, 0.3) is 0 Å². The van der Waals surface area contributed by atoms with Gasteiger partial charge in [-0.25, -0.2) is 9.78 Å². The molecule has 1 N–H and O–H groups in total. The van der Waals surface area contributed by atoms with Crippen molar-refractivity contribution in [3.8, 4) is 0 Å². The van der Waals surface area contributed by atoms with Crippen molar-refractivity contribution in [2.24, 2.45) is 0 Å². The molecule has 0 radical (unpaired) electrons. The molecule has 0 aliphatic rings. The first-order valence-electron chi connectivity index (χ1n) is 4.75. The van der Waals surface area contributed by atoms with Crippen molar-refractivity contribution in [2.45, 2.75) is 6.54 Å². The molecule has 6 heteroatoms. The summed E-state index contributed by atoms with van der Waals surface area (Å²) in [6.07, 6.45) is 2.93. The molecule has 0 amide bonds. The van der Waals surface area contributed by atoms with Crippen LogP contribution in [0.2, 0.25) is 10.0 Å². The lowest BCUT2D eigenvalue weighted by Gasteiger charge is -2.03. The summed E-state index contributed by atoms with van der Waals surface area (Å²) in [5.74, 6) is -1.04. The fourth-order valence-electron chi connectivity index (χ4n) is 1.41. The molecule has 1 aromatic carbocycles. The Morgan fingerprint density at radius 2 is 2.12 bits per heavy atom. The number of carboxylic acid groups (broad SMARTS) is 1. The van der Waals surface area contributed by atoms with E-state index in [-0.39, 0.29) is 5.69 Å². The van der Waals surface area contributed by atoms with E-state index in [4.69, 9.17) is 28.3 Å². The van der Waals surface area contributed by atoms with Crippen LogP contribution < -0.4 is 0 Å². The summed E-state index contributed by atoms with van der Waals surface area (Å²) in [5, 5.41) is 9.70. The molecule has 1 aromatic heterocycles. The minimum atomic E-state index is -1.04. The predicted octanol–water partition coefficient (Wildman–Crippen LogP) is 2.94. The van der Waals surface area contributed by atoms with Crippen LogP contribution in [0, 0.1) is 0 Å². The van der Waals surface area contributed by atoms with Crippen LogP contribution in [0.3, 0.4) is 0 Å². The molecule has 4 nitrogen and oxygen atoms in total. The molecule has 0 fully saturated rings. The monoisotopic (exact) mass is 270 g/mol. The zero-order valence-corrected chi connectivity index (χ0v) is 10.1. The van der Waals surface area contributed by atoms with Gasteiger partial charge in [0.2, 0.25) is 0 Å². The van der Waals surface area contributed by atoms with Gasteiger partial charge in [-0.2, -0.15) is 0 Å². The molecule has 0 saturated heterocycles. The molecule has 1 heterocycles. The highest BCUT2D eigenvalue weighted by Gasteiger charge is 2.07. The first-order valence-corrected chi connectivity index (χ1v) is 5.51. The van der Waals surface area contributed by atoms with Crippen LogP contribution in [0.1, 0.15) is 16.1 Å². The second kappa shape index (κ2) is 4.77. The fourth-order valence-corrected chi connectivity index (χ4v) is 1.73. The van der Waals surface area contributed by atoms with E-state index < -0.39 is 5.97 Å². The highest BCUT2D eigenvalue weighted by atomic mass is 35.5. The first-order chi connectivity index (χ1) is 8.06. The summed E-state index contributed by atoms with van der Waals surface area (Å²) in [6.45, 7) is 0.497. The molecule has 2 aromatic rings. The average molecular weight is 271 g/mol. The number of benzene rings is 1. The molecule has 0 saturated carbocycles. The standard InChI is InChI=1S/C11H8Cl2N2O2/c12-8-2-1-7(3-9(8)13)4-15-5-10(11(16)17)14-6-15/h1-3,5-6H,4H2,(H,16,17). The van der Waals surface area contributed by atoms with Crippen molar-refractivity contribution >= 4 is 29.2 Å². The van der Waals surface area contributed by atoms with Gasteiger partial charge in [-0.05, 0) is 17.7 Å². The van der Waals surface area contributed by atoms with Crippen LogP contribution in [0.4, 0.5) is 0 Å². The molecule has 0 bridgehead atoms. The number of aromatic carboxylic acids is 1. The predicted molar refractivity (Wildman–Crippen MR) is 64.8 cm³/mol. The molecule has 17 heavy (non-hydrogen) atoms. The molecule has 0 aliphatic carbocycles. The summed E-state index contributed by atoms with van der Waals surface area (Å²) < 4.78 is 1.67. The van der Waals surface area contributed by atoms with Crippen LogP contribution in [0.25, 0.3) is 0 Å². The smallest absolute Gasteiger partial charge is 0.356 e. The highest BCUT2D eigenvalue weighted by Crippen LogP contribution is 2.22. The maximum atomic E-state index is 10.7. The van der Waals surface area contributed by atoms with Gasteiger partial charge in [0.15, 0.2) is 5.69 Å². The first kappa shape index (κ1) is 12.0. The van der Waals surface area contributed by atoms with Crippen molar-refractivity contribution in [3.63, 3.8) is 0 Å². The summed E-state index contributed by atoms with van der Waals surface area (Å²) in [6, 6.07) is 5.27. The molecule has 88 valence electrons. The zero-order chi connectivity index (χ0) is 12.4. The van der Waals surface area contributed by atoms with E-state index in [0.29, 0.717) is 16.6 Å². The van der Waals surface area contributed by atoms with Gasteiger partial charge in [-0.1, -0.05) is 29.3 Å². The normalized spacial score (nSPS) is 10.5. The number of nitrogens with zero attached hydrogens (tertiary/aromatic N) is 2. The van der Waals surface area contributed by atoms with Crippen LogP contribution in [0.5, 0.6) is 0 Å². The molecular formula is C11H8Cl2N2O2. The summed E-state index contributed by atoms with van der Waals surface area (Å²) in [7, 11) is 0. The Hall–Kier alpha value is -1.52. The molecule has 0 unspecified atom stereocenters. The maximum absolute atomic E-state index is 10.7. The summed E-state index contributed by atoms with van der Waals surface area (Å²) in [5.41, 5.74) is 0.943. The number of hydrogen-bond donors (Lipinski definition) is 1. The van der Waals surface area contributed by atoms with E-state index in [1.165, 1.54) is 12.5 Å². The molecule has 0 atom stereocenters. The van der Waals surface area contributed by atoms with Crippen LogP contribution in [-0.4, -0.2) is 20.6 Å². The van der Waals surface area contributed by atoms with Crippen molar-refractivity contribution in [3.05, 3.63) is 52.0 Å². The lowest BCUT2D eigenvalue weighted by molar-refractivity contribution is 0.0691. The van der Waals surface area contributed by atoms with E-state index in [1.807, 2.05) is 6.07 Å². The Morgan fingerprint density at radius 3 is 2.71 bits per heavy atom. The van der Waals surface area contributed by atoms with Crippen molar-refractivity contribution < 1.29 is 9.90 Å². The van der Waals surface area contributed by atoms with E-state index >= 15 is 0 Å². The quantitative estimate of drug-likeness (QED) is 0.933.